The molecule has 1 saturated heterocycles. The summed E-state index contributed by atoms with van der Waals surface area (Å²) in [6.45, 7) is 0. The number of nitrogens with zero attached hydrogens (tertiary/aromatic N) is 1. The first-order valence-corrected chi connectivity index (χ1v) is 16.3. The van der Waals surface area contributed by atoms with Crippen molar-refractivity contribution < 1.29 is 37.0 Å². The normalized spacial score (nSPS) is 23.9. The number of anilines is 1. The Morgan fingerprint density at radius 2 is 1.00 bits per heavy atom. The van der Waals surface area contributed by atoms with Crippen LogP contribution in [-0.4, -0.2) is 31.8 Å². The van der Waals surface area contributed by atoms with Gasteiger partial charge in [-0.1, -0.05) is 91.0 Å². The number of ketones is 1. The standard InChI is InChI=1S/C42H30F3NO5/c1-50-31-20-16-25(17-21-31)33-34(26-18-22-32(51-2)23-19-26)41(28-12-7-4-8-13-28)36-35(40(33,39(41)49)27-10-5-3-6-11-27)37(47)46(38(36)48)30-15-9-14-29(24-30)42(43,44)45/h3-24,35-36H,1-2H3/t35-,36-,40-,41-/m1/s1. The lowest BCUT2D eigenvalue weighted by Gasteiger charge is -2.39. The third-order valence-electron chi connectivity index (χ3n) is 10.6. The van der Waals surface area contributed by atoms with Gasteiger partial charge in [-0.2, -0.15) is 13.2 Å². The summed E-state index contributed by atoms with van der Waals surface area (Å²) in [5.41, 5.74) is -1.27. The quantitative estimate of drug-likeness (QED) is 0.163. The SMILES string of the molecule is COc1ccc(C2=C(c3ccc(OC)cc3)[C@@]3(c4ccccc4)C(=O)[C@@]2(c2ccccc2)[C@H]2C(=O)N(c4cccc(C(F)(F)F)c4)C(=O)[C@@H]23)cc1. The Kier molecular flexibility index (Phi) is 7.31. The van der Waals surface area contributed by atoms with Gasteiger partial charge in [-0.05, 0) is 75.9 Å². The molecule has 2 fully saturated rings. The van der Waals surface area contributed by atoms with Crippen LogP contribution in [0.3, 0.4) is 0 Å². The number of ether oxygens (including phenoxy) is 2. The molecule has 4 atom stereocenters. The zero-order chi connectivity index (χ0) is 35.7. The number of rotatable bonds is 7. The fraction of sp³-hybridized carbons (Fsp3) is 0.167. The molecule has 0 radical (unpaired) electrons. The highest BCUT2D eigenvalue weighted by molar-refractivity contribution is 6.39. The minimum Gasteiger partial charge on any atom is -0.497 e. The van der Waals surface area contributed by atoms with Gasteiger partial charge >= 0.3 is 6.18 Å². The van der Waals surface area contributed by atoms with Crippen molar-refractivity contribution in [1.82, 2.24) is 0 Å². The number of benzene rings is 5. The van der Waals surface area contributed by atoms with Gasteiger partial charge in [0, 0.05) is 0 Å². The molecule has 2 amide bonds. The summed E-state index contributed by atoms with van der Waals surface area (Å²) < 4.78 is 52.8. The zero-order valence-electron chi connectivity index (χ0n) is 27.5. The smallest absolute Gasteiger partial charge is 0.416 e. The van der Waals surface area contributed by atoms with E-state index in [1.54, 1.807) is 99.1 Å². The summed E-state index contributed by atoms with van der Waals surface area (Å²) in [6, 6.07) is 36.4. The molecule has 5 aromatic rings. The molecule has 0 aromatic heterocycles. The second kappa shape index (κ2) is 11.6. The molecule has 8 rings (SSSR count). The van der Waals surface area contributed by atoms with Crippen molar-refractivity contribution in [2.24, 2.45) is 11.8 Å². The van der Waals surface area contributed by atoms with Crippen LogP contribution in [-0.2, 0) is 31.4 Å². The van der Waals surface area contributed by atoms with E-state index >= 15 is 14.4 Å². The average molecular weight is 686 g/mol. The van der Waals surface area contributed by atoms with Crippen LogP contribution in [0.1, 0.15) is 27.8 Å². The summed E-state index contributed by atoms with van der Waals surface area (Å²) in [4.78, 5) is 47.0. The van der Waals surface area contributed by atoms with Crippen molar-refractivity contribution in [1.29, 1.82) is 0 Å². The van der Waals surface area contributed by atoms with E-state index in [-0.39, 0.29) is 11.5 Å². The molecular formula is C42H30F3NO5. The number of carbonyl (C=O) groups excluding carboxylic acids is 3. The van der Waals surface area contributed by atoms with Crippen molar-refractivity contribution in [2.75, 3.05) is 19.1 Å². The molecule has 1 heterocycles. The van der Waals surface area contributed by atoms with Crippen molar-refractivity contribution in [3.8, 4) is 11.5 Å². The number of halogens is 3. The minimum atomic E-state index is -4.71. The van der Waals surface area contributed by atoms with E-state index in [4.69, 9.17) is 9.47 Å². The second-order valence-corrected chi connectivity index (χ2v) is 12.9. The molecular weight excluding hydrogens is 655 g/mol. The number of methoxy groups -OCH3 is 2. The summed E-state index contributed by atoms with van der Waals surface area (Å²) >= 11 is 0. The highest BCUT2D eigenvalue weighted by Crippen LogP contribution is 2.74. The largest absolute Gasteiger partial charge is 0.497 e. The minimum absolute atomic E-state index is 0.204. The van der Waals surface area contributed by atoms with Gasteiger partial charge in [-0.3, -0.25) is 14.4 Å². The number of carbonyl (C=O) groups is 3. The van der Waals surface area contributed by atoms with Gasteiger partial charge in [-0.25, -0.2) is 4.90 Å². The number of Topliss-reactive ketones (excluding diaryl/α,β-unsaturated/α-hetero) is 1. The molecule has 5 aromatic carbocycles. The maximum Gasteiger partial charge on any atom is 0.416 e. The Morgan fingerprint density at radius 3 is 1.39 bits per heavy atom. The lowest BCUT2D eigenvalue weighted by molar-refractivity contribution is -0.137. The lowest BCUT2D eigenvalue weighted by atomic mass is 9.59. The van der Waals surface area contributed by atoms with E-state index in [9.17, 15) is 13.2 Å². The summed E-state index contributed by atoms with van der Waals surface area (Å²) in [7, 11) is 3.09. The van der Waals surface area contributed by atoms with E-state index in [2.05, 4.69) is 0 Å². The van der Waals surface area contributed by atoms with E-state index in [0.29, 0.717) is 44.9 Å². The number of imide groups is 1. The van der Waals surface area contributed by atoms with Gasteiger partial charge in [0.25, 0.3) is 0 Å². The van der Waals surface area contributed by atoms with Crippen LogP contribution < -0.4 is 14.4 Å². The van der Waals surface area contributed by atoms with Crippen LogP contribution in [0.25, 0.3) is 11.1 Å². The first-order chi connectivity index (χ1) is 24.6. The third kappa shape index (κ3) is 4.33. The Balaban J connectivity index is 1.52. The lowest BCUT2D eigenvalue weighted by Crippen LogP contribution is -2.45. The highest BCUT2D eigenvalue weighted by Gasteiger charge is 2.82. The zero-order valence-corrected chi connectivity index (χ0v) is 27.5. The van der Waals surface area contributed by atoms with Crippen LogP contribution in [0.15, 0.2) is 133 Å². The average Bonchev–Trinajstić information content (AvgIpc) is 3.67. The Bertz CT molecular complexity index is 2100. The molecule has 0 unspecified atom stereocenters. The third-order valence-corrected chi connectivity index (χ3v) is 10.6. The number of amides is 2. The molecule has 1 aliphatic heterocycles. The summed E-state index contributed by atoms with van der Waals surface area (Å²) in [6.07, 6.45) is -4.71. The fourth-order valence-electron chi connectivity index (χ4n) is 8.72. The molecule has 51 heavy (non-hydrogen) atoms. The fourth-order valence-corrected chi connectivity index (χ4v) is 8.72. The number of hydrogen-bond acceptors (Lipinski definition) is 5. The molecule has 0 spiro atoms. The monoisotopic (exact) mass is 685 g/mol. The number of alkyl halides is 3. The first-order valence-electron chi connectivity index (χ1n) is 16.3. The molecule has 9 heteroatoms. The Labute approximate surface area is 291 Å². The van der Waals surface area contributed by atoms with E-state index in [0.717, 1.165) is 17.0 Å². The van der Waals surface area contributed by atoms with Gasteiger partial charge in [0.15, 0.2) is 5.78 Å². The number of hydrogen-bond donors (Lipinski definition) is 0. The molecule has 254 valence electrons. The first kappa shape index (κ1) is 32.3. The summed E-state index contributed by atoms with van der Waals surface area (Å²) in [5, 5.41) is 0. The predicted octanol–water partition coefficient (Wildman–Crippen LogP) is 7.91. The van der Waals surface area contributed by atoms with Crippen molar-refractivity contribution in [2.45, 2.75) is 17.0 Å². The summed E-state index contributed by atoms with van der Waals surface area (Å²) in [5.74, 6) is -3.23. The number of fused-ring (bicyclic) bond motifs is 5. The van der Waals surface area contributed by atoms with Gasteiger partial charge in [-0.15, -0.1) is 0 Å². The molecule has 3 aliphatic rings. The molecule has 2 aliphatic carbocycles. The van der Waals surface area contributed by atoms with E-state index in [1.807, 2.05) is 24.3 Å². The molecule has 0 N–H and O–H groups in total. The van der Waals surface area contributed by atoms with Crippen molar-refractivity contribution >= 4 is 34.4 Å². The van der Waals surface area contributed by atoms with Crippen molar-refractivity contribution in [3.05, 3.63) is 161 Å². The van der Waals surface area contributed by atoms with Crippen LogP contribution in [0, 0.1) is 11.8 Å². The predicted molar refractivity (Wildman–Crippen MR) is 185 cm³/mol. The molecule has 6 nitrogen and oxygen atoms in total. The van der Waals surface area contributed by atoms with Gasteiger partial charge in [0.2, 0.25) is 11.8 Å². The van der Waals surface area contributed by atoms with E-state index in [1.165, 1.54) is 12.1 Å². The second-order valence-electron chi connectivity index (χ2n) is 12.9. The van der Waals surface area contributed by atoms with Gasteiger partial charge in [0.1, 0.15) is 11.5 Å². The van der Waals surface area contributed by atoms with Crippen molar-refractivity contribution in [3.63, 3.8) is 0 Å². The molecule has 1 saturated carbocycles. The van der Waals surface area contributed by atoms with Gasteiger partial charge in [0.05, 0.1) is 48.1 Å². The van der Waals surface area contributed by atoms with Crippen LogP contribution >= 0.6 is 0 Å². The van der Waals surface area contributed by atoms with Gasteiger partial charge < -0.3 is 9.47 Å². The Morgan fingerprint density at radius 1 is 0.569 bits per heavy atom. The van der Waals surface area contributed by atoms with E-state index < -0.39 is 46.2 Å². The molecule has 2 bridgehead atoms. The Hall–Kier alpha value is -5.96. The van der Waals surface area contributed by atoms with Crippen LogP contribution in [0.5, 0.6) is 11.5 Å². The van der Waals surface area contributed by atoms with Crippen LogP contribution in [0.4, 0.5) is 18.9 Å². The maximum absolute atomic E-state index is 16.0. The topological polar surface area (TPSA) is 72.9 Å². The maximum atomic E-state index is 16.0. The highest BCUT2D eigenvalue weighted by atomic mass is 19.4. The number of allylic oxidation sites excluding steroid dienone is 2. The van der Waals surface area contributed by atoms with Crippen LogP contribution in [0.2, 0.25) is 0 Å².